The normalized spacial score (nSPS) is 11.3. The highest BCUT2D eigenvalue weighted by Gasteiger charge is 2.20. The third kappa shape index (κ3) is 2.42. The van der Waals surface area contributed by atoms with Crippen LogP contribution >= 0.6 is 11.3 Å². The van der Waals surface area contributed by atoms with Crippen molar-refractivity contribution >= 4 is 44.3 Å². The van der Waals surface area contributed by atoms with Crippen molar-refractivity contribution in [3.63, 3.8) is 0 Å². The van der Waals surface area contributed by atoms with Gasteiger partial charge in [0.2, 0.25) is 0 Å². The van der Waals surface area contributed by atoms with Crippen molar-refractivity contribution in [3.05, 3.63) is 45.5 Å². The van der Waals surface area contributed by atoms with E-state index < -0.39 is 0 Å². The summed E-state index contributed by atoms with van der Waals surface area (Å²) in [6, 6.07) is 5.25. The number of amides is 1. The number of hydrogen-bond donors (Lipinski definition) is 2. The fourth-order valence-corrected chi connectivity index (χ4v) is 3.90. The summed E-state index contributed by atoms with van der Waals surface area (Å²) >= 11 is 1.24. The molecule has 4 heterocycles. The predicted octanol–water partition coefficient (Wildman–Crippen LogP) is 0.730. The molecule has 10 heteroatoms. The number of carbonyl (C=O) groups excluding carboxylic acids is 1. The Hall–Kier alpha value is -3.27. The van der Waals surface area contributed by atoms with Gasteiger partial charge in [-0.15, -0.1) is 11.3 Å². The van der Waals surface area contributed by atoms with Gasteiger partial charge in [0.1, 0.15) is 11.3 Å². The Morgan fingerprint density at radius 3 is 2.88 bits per heavy atom. The van der Waals surface area contributed by atoms with Gasteiger partial charge >= 0.3 is 0 Å². The van der Waals surface area contributed by atoms with E-state index in [0.717, 1.165) is 4.70 Å². The van der Waals surface area contributed by atoms with Gasteiger partial charge in [0.05, 0.1) is 23.1 Å². The van der Waals surface area contributed by atoms with Gasteiger partial charge in [-0.2, -0.15) is 5.10 Å². The van der Waals surface area contributed by atoms with E-state index in [4.69, 9.17) is 5.73 Å². The molecule has 0 aliphatic heterocycles. The zero-order valence-electron chi connectivity index (χ0n) is 14.1. The van der Waals surface area contributed by atoms with Crippen molar-refractivity contribution in [2.75, 3.05) is 12.8 Å². The van der Waals surface area contributed by atoms with Gasteiger partial charge in [-0.05, 0) is 12.1 Å². The molecule has 0 aliphatic rings. The fourth-order valence-electron chi connectivity index (χ4n) is 2.85. The summed E-state index contributed by atoms with van der Waals surface area (Å²) in [6.07, 6.45) is 1.62. The minimum absolute atomic E-state index is 0.218. The smallest absolute Gasteiger partial charge is 0.291 e. The van der Waals surface area contributed by atoms with Crippen LogP contribution in [-0.2, 0) is 13.6 Å². The maximum absolute atomic E-state index is 12.9. The van der Waals surface area contributed by atoms with Crippen molar-refractivity contribution in [1.29, 1.82) is 0 Å². The van der Waals surface area contributed by atoms with Gasteiger partial charge in [-0.25, -0.2) is 14.6 Å². The third-order valence-electron chi connectivity index (χ3n) is 4.09. The molecule has 26 heavy (non-hydrogen) atoms. The lowest BCUT2D eigenvalue weighted by Crippen LogP contribution is -2.25. The zero-order chi connectivity index (χ0) is 18.4. The number of carbonyl (C=O) groups is 1. The number of rotatable bonds is 3. The number of nitrogens with two attached hydrogens (primary N) is 1. The van der Waals surface area contributed by atoms with Crippen LogP contribution in [0.3, 0.4) is 0 Å². The second-order valence-corrected chi connectivity index (χ2v) is 6.73. The molecular formula is C16H15N7O2S. The number of aromatic nitrogens is 5. The molecule has 4 aromatic heterocycles. The van der Waals surface area contributed by atoms with Gasteiger partial charge in [-0.3, -0.25) is 9.59 Å². The molecule has 0 saturated heterocycles. The third-order valence-corrected chi connectivity index (χ3v) is 5.16. The molecule has 9 nitrogen and oxygen atoms in total. The average Bonchev–Trinajstić information content (AvgIpc) is 3.17. The maximum Gasteiger partial charge on any atom is 0.291 e. The molecule has 3 N–H and O–H groups in total. The number of aryl methyl sites for hydroxylation is 1. The first-order valence-corrected chi connectivity index (χ1v) is 8.59. The monoisotopic (exact) mass is 369 g/mol. The van der Waals surface area contributed by atoms with Crippen LogP contribution in [0.25, 0.3) is 21.3 Å². The van der Waals surface area contributed by atoms with Crippen LogP contribution in [0.4, 0.5) is 5.82 Å². The standard InChI is InChI=1S/C16H15N7O2S/c1-18-14(24)15-21-13-12(26-15)9-6-19-23(16(25)11(9)22(13)2)7-8-4-3-5-10(17)20-8/h3-6H,7H2,1-2H3,(H2,17,20)(H,18,24). The first kappa shape index (κ1) is 16.2. The number of fused-ring (bicyclic) bond motifs is 3. The summed E-state index contributed by atoms with van der Waals surface area (Å²) in [5.41, 5.74) is 7.16. The van der Waals surface area contributed by atoms with Crippen LogP contribution in [-0.4, -0.2) is 37.3 Å². The summed E-state index contributed by atoms with van der Waals surface area (Å²) in [4.78, 5) is 33.3. The Bertz CT molecular complexity index is 1220. The SMILES string of the molecule is CNC(=O)c1nc2c(s1)c1cnn(Cc3cccc(N)n3)c(=O)c1n2C. The molecule has 0 saturated carbocycles. The molecule has 0 atom stereocenters. The first-order chi connectivity index (χ1) is 12.5. The van der Waals surface area contributed by atoms with E-state index in [0.29, 0.717) is 33.1 Å². The molecular weight excluding hydrogens is 354 g/mol. The second kappa shape index (κ2) is 5.92. The van der Waals surface area contributed by atoms with Crippen molar-refractivity contribution in [1.82, 2.24) is 29.6 Å². The predicted molar refractivity (Wildman–Crippen MR) is 99.3 cm³/mol. The van der Waals surface area contributed by atoms with Crippen LogP contribution < -0.4 is 16.6 Å². The maximum atomic E-state index is 12.9. The van der Waals surface area contributed by atoms with Crippen molar-refractivity contribution < 1.29 is 4.79 Å². The Morgan fingerprint density at radius 1 is 1.35 bits per heavy atom. The van der Waals surface area contributed by atoms with E-state index in [9.17, 15) is 9.59 Å². The molecule has 0 unspecified atom stereocenters. The van der Waals surface area contributed by atoms with E-state index in [-0.39, 0.29) is 18.0 Å². The number of pyridine rings is 1. The molecule has 0 aliphatic carbocycles. The van der Waals surface area contributed by atoms with Crippen LogP contribution in [0.2, 0.25) is 0 Å². The quantitative estimate of drug-likeness (QED) is 0.549. The highest BCUT2D eigenvalue weighted by atomic mass is 32.1. The number of nitrogens with zero attached hydrogens (tertiary/aromatic N) is 5. The minimum atomic E-state index is -0.256. The lowest BCUT2D eigenvalue weighted by Gasteiger charge is -2.05. The Kier molecular flexibility index (Phi) is 3.69. The molecule has 0 bridgehead atoms. The van der Waals surface area contributed by atoms with Crippen molar-refractivity contribution in [2.24, 2.45) is 7.05 Å². The van der Waals surface area contributed by atoms with Crippen LogP contribution in [0.1, 0.15) is 15.5 Å². The molecule has 0 fully saturated rings. The number of hydrogen-bond acceptors (Lipinski definition) is 7. The number of nitrogen functional groups attached to an aromatic ring is 1. The van der Waals surface area contributed by atoms with Gasteiger partial charge in [-0.1, -0.05) is 6.07 Å². The topological polar surface area (TPSA) is 121 Å². The van der Waals surface area contributed by atoms with E-state index in [2.05, 4.69) is 20.4 Å². The molecule has 0 aromatic carbocycles. The second-order valence-electron chi connectivity index (χ2n) is 5.73. The van der Waals surface area contributed by atoms with Gasteiger partial charge in [0.15, 0.2) is 10.7 Å². The lowest BCUT2D eigenvalue weighted by atomic mass is 10.3. The van der Waals surface area contributed by atoms with Crippen LogP contribution in [0.15, 0.2) is 29.2 Å². The largest absolute Gasteiger partial charge is 0.384 e. The number of anilines is 1. The van der Waals surface area contributed by atoms with Gasteiger partial charge in [0, 0.05) is 19.5 Å². The van der Waals surface area contributed by atoms with Crippen molar-refractivity contribution in [3.8, 4) is 0 Å². The summed E-state index contributed by atoms with van der Waals surface area (Å²) in [7, 11) is 3.31. The number of thiazole rings is 1. The lowest BCUT2D eigenvalue weighted by molar-refractivity contribution is 0.0963. The highest BCUT2D eigenvalue weighted by Crippen LogP contribution is 2.30. The Morgan fingerprint density at radius 2 is 2.15 bits per heavy atom. The van der Waals surface area contributed by atoms with E-state index >= 15 is 0 Å². The molecule has 4 rings (SSSR count). The van der Waals surface area contributed by atoms with Crippen LogP contribution in [0.5, 0.6) is 0 Å². The summed E-state index contributed by atoms with van der Waals surface area (Å²) < 4.78 is 3.80. The molecule has 1 amide bonds. The van der Waals surface area contributed by atoms with Crippen molar-refractivity contribution in [2.45, 2.75) is 6.54 Å². The fraction of sp³-hybridized carbons (Fsp3) is 0.188. The minimum Gasteiger partial charge on any atom is -0.384 e. The van der Waals surface area contributed by atoms with E-state index in [1.165, 1.54) is 16.0 Å². The summed E-state index contributed by atoms with van der Waals surface area (Å²) in [5.74, 6) is 0.135. The average molecular weight is 369 g/mol. The van der Waals surface area contributed by atoms with E-state index in [1.807, 2.05) is 0 Å². The molecule has 0 radical (unpaired) electrons. The summed E-state index contributed by atoms with van der Waals surface area (Å²) in [5, 5.41) is 7.84. The Balaban J connectivity index is 1.86. The number of nitrogens with one attached hydrogen (secondary N) is 1. The van der Waals surface area contributed by atoms with Crippen LogP contribution in [0, 0.1) is 0 Å². The Labute approximate surface area is 151 Å². The van der Waals surface area contributed by atoms with E-state index in [1.54, 1.807) is 43.1 Å². The molecule has 0 spiro atoms. The van der Waals surface area contributed by atoms with Gasteiger partial charge < -0.3 is 15.6 Å². The van der Waals surface area contributed by atoms with Gasteiger partial charge in [0.25, 0.3) is 11.5 Å². The highest BCUT2D eigenvalue weighted by molar-refractivity contribution is 7.21. The summed E-state index contributed by atoms with van der Waals surface area (Å²) in [6.45, 7) is 0.218. The molecule has 4 aromatic rings. The molecule has 132 valence electrons. The first-order valence-electron chi connectivity index (χ1n) is 7.78. The zero-order valence-corrected chi connectivity index (χ0v) is 14.9.